The van der Waals surface area contributed by atoms with Gasteiger partial charge in [0.15, 0.2) is 11.6 Å². The van der Waals surface area contributed by atoms with Gasteiger partial charge in [-0.2, -0.15) is 0 Å². The molecule has 0 unspecified atom stereocenters. The number of hydrogen-bond acceptors (Lipinski definition) is 3. The lowest BCUT2D eigenvalue weighted by atomic mass is 10.1. The average Bonchev–Trinajstić information content (AvgIpc) is 2.33. The second-order valence-corrected chi connectivity index (χ2v) is 4.15. The number of amides is 2. The van der Waals surface area contributed by atoms with E-state index in [2.05, 4.69) is 5.32 Å². The normalized spacial score (nSPS) is 10.1. The maximum Gasteiger partial charge on any atom is 0.253 e. The molecule has 0 atom stereocenters. The molecule has 0 aromatic heterocycles. The number of carbonyl (C=O) groups excluding carboxylic acids is 2. The van der Waals surface area contributed by atoms with E-state index in [0.717, 1.165) is 12.1 Å². The third-order valence-electron chi connectivity index (χ3n) is 2.46. The molecular formula is C12H15F2N3O2. The summed E-state index contributed by atoms with van der Waals surface area (Å²) >= 11 is 0. The summed E-state index contributed by atoms with van der Waals surface area (Å²) in [4.78, 5) is 24.3. The highest BCUT2D eigenvalue weighted by Crippen LogP contribution is 2.16. The fraction of sp³-hybridized carbons (Fsp3) is 0.333. The molecule has 104 valence electrons. The van der Waals surface area contributed by atoms with Crippen molar-refractivity contribution in [3.05, 3.63) is 29.3 Å². The van der Waals surface area contributed by atoms with Gasteiger partial charge in [0.2, 0.25) is 5.91 Å². The first-order valence-corrected chi connectivity index (χ1v) is 5.55. The Bertz CT molecular complexity index is 504. The van der Waals surface area contributed by atoms with E-state index in [0.29, 0.717) is 0 Å². The second kappa shape index (κ2) is 6.12. The van der Waals surface area contributed by atoms with Crippen molar-refractivity contribution in [1.82, 2.24) is 10.2 Å². The molecule has 0 aliphatic carbocycles. The van der Waals surface area contributed by atoms with Crippen LogP contribution in [0, 0.1) is 11.6 Å². The summed E-state index contributed by atoms with van der Waals surface area (Å²) in [5, 5.41) is 2.42. The Balaban J connectivity index is 2.64. The van der Waals surface area contributed by atoms with Gasteiger partial charge in [0.25, 0.3) is 5.91 Å². The summed E-state index contributed by atoms with van der Waals surface area (Å²) in [6, 6.07) is 1.48. The molecular weight excluding hydrogens is 256 g/mol. The number of hydrogen-bond donors (Lipinski definition) is 2. The van der Waals surface area contributed by atoms with Gasteiger partial charge >= 0.3 is 0 Å². The predicted octanol–water partition coefficient (Wildman–Crippen LogP) is 0.755. The van der Waals surface area contributed by atoms with Gasteiger partial charge in [0.05, 0.1) is 5.56 Å². The molecule has 0 fully saturated rings. The molecule has 2 amide bonds. The van der Waals surface area contributed by atoms with Crippen LogP contribution < -0.4 is 11.1 Å². The smallest absolute Gasteiger partial charge is 0.253 e. The van der Waals surface area contributed by atoms with Crippen molar-refractivity contribution >= 4 is 17.5 Å². The minimum absolute atomic E-state index is 0.0915. The van der Waals surface area contributed by atoms with Gasteiger partial charge < -0.3 is 16.0 Å². The van der Waals surface area contributed by atoms with E-state index in [1.54, 1.807) is 14.1 Å². The number of benzene rings is 1. The number of nitrogen functional groups attached to an aromatic ring is 1. The SMILES string of the molecule is CN(C)C(=O)CCNC(=O)c1cc(F)c(F)cc1N. The highest BCUT2D eigenvalue weighted by Gasteiger charge is 2.14. The molecule has 0 aliphatic rings. The van der Waals surface area contributed by atoms with Crippen molar-refractivity contribution in [3.63, 3.8) is 0 Å². The summed E-state index contributed by atoms with van der Waals surface area (Å²) in [6.07, 6.45) is 0.113. The number of nitrogens with two attached hydrogens (primary N) is 1. The molecule has 0 saturated carbocycles. The standard InChI is InChI=1S/C12H15F2N3O2/c1-17(2)11(18)3-4-16-12(19)7-5-8(13)9(14)6-10(7)15/h5-6H,3-4,15H2,1-2H3,(H,16,19). The molecule has 1 aromatic rings. The number of anilines is 1. The summed E-state index contributed by atoms with van der Waals surface area (Å²) in [5.41, 5.74) is 5.11. The van der Waals surface area contributed by atoms with Gasteiger partial charge in [-0.15, -0.1) is 0 Å². The number of nitrogens with zero attached hydrogens (tertiary/aromatic N) is 1. The van der Waals surface area contributed by atoms with Crippen LogP contribution >= 0.6 is 0 Å². The van der Waals surface area contributed by atoms with Crippen LogP contribution in [0.1, 0.15) is 16.8 Å². The molecule has 7 heteroatoms. The van der Waals surface area contributed by atoms with Crippen molar-refractivity contribution in [1.29, 1.82) is 0 Å². The number of nitrogens with one attached hydrogen (secondary N) is 1. The highest BCUT2D eigenvalue weighted by molar-refractivity contribution is 5.99. The molecule has 1 aromatic carbocycles. The van der Waals surface area contributed by atoms with E-state index in [4.69, 9.17) is 5.73 Å². The van der Waals surface area contributed by atoms with Crippen LogP contribution in [0.3, 0.4) is 0 Å². The quantitative estimate of drug-likeness (QED) is 0.794. The largest absolute Gasteiger partial charge is 0.398 e. The van der Waals surface area contributed by atoms with Gasteiger partial charge in [-0.05, 0) is 6.07 Å². The lowest BCUT2D eigenvalue weighted by molar-refractivity contribution is -0.128. The molecule has 1 rings (SSSR count). The van der Waals surface area contributed by atoms with E-state index in [1.165, 1.54) is 4.90 Å². The van der Waals surface area contributed by atoms with Crippen LogP contribution in [-0.2, 0) is 4.79 Å². The van der Waals surface area contributed by atoms with E-state index in [-0.39, 0.29) is 30.1 Å². The molecule has 0 aliphatic heterocycles. The van der Waals surface area contributed by atoms with Crippen LogP contribution in [0.2, 0.25) is 0 Å². The van der Waals surface area contributed by atoms with E-state index in [9.17, 15) is 18.4 Å². The fourth-order valence-electron chi connectivity index (χ4n) is 1.36. The maximum atomic E-state index is 13.0. The third kappa shape index (κ3) is 3.90. The van der Waals surface area contributed by atoms with Crippen molar-refractivity contribution in [2.75, 3.05) is 26.4 Å². The molecule has 5 nitrogen and oxygen atoms in total. The summed E-state index contributed by atoms with van der Waals surface area (Å²) in [5.74, 6) is -3.07. The lowest BCUT2D eigenvalue weighted by Gasteiger charge is -2.11. The van der Waals surface area contributed by atoms with Crippen molar-refractivity contribution in [3.8, 4) is 0 Å². The van der Waals surface area contributed by atoms with Crippen LogP contribution in [-0.4, -0.2) is 37.4 Å². The highest BCUT2D eigenvalue weighted by atomic mass is 19.2. The van der Waals surface area contributed by atoms with E-state index < -0.39 is 17.5 Å². The topological polar surface area (TPSA) is 75.4 Å². The zero-order chi connectivity index (χ0) is 14.6. The molecule has 19 heavy (non-hydrogen) atoms. The second-order valence-electron chi connectivity index (χ2n) is 4.15. The van der Waals surface area contributed by atoms with Crippen molar-refractivity contribution < 1.29 is 18.4 Å². The average molecular weight is 271 g/mol. The van der Waals surface area contributed by atoms with E-state index >= 15 is 0 Å². The number of rotatable bonds is 4. The van der Waals surface area contributed by atoms with Crippen LogP contribution in [0.25, 0.3) is 0 Å². The molecule has 0 spiro atoms. The Hall–Kier alpha value is -2.18. The van der Waals surface area contributed by atoms with Gasteiger partial charge in [-0.3, -0.25) is 9.59 Å². The zero-order valence-corrected chi connectivity index (χ0v) is 10.7. The molecule has 0 radical (unpaired) electrons. The van der Waals surface area contributed by atoms with Crippen LogP contribution in [0.4, 0.5) is 14.5 Å². The Morgan fingerprint density at radius 2 is 1.84 bits per heavy atom. The Morgan fingerprint density at radius 3 is 2.42 bits per heavy atom. The first-order valence-electron chi connectivity index (χ1n) is 5.55. The molecule has 0 saturated heterocycles. The maximum absolute atomic E-state index is 13.0. The Labute approximate surface area is 109 Å². The van der Waals surface area contributed by atoms with Gasteiger partial charge in [-0.25, -0.2) is 8.78 Å². The predicted molar refractivity (Wildman–Crippen MR) is 66.4 cm³/mol. The first-order chi connectivity index (χ1) is 8.82. The summed E-state index contributed by atoms with van der Waals surface area (Å²) in [7, 11) is 3.19. The Kier molecular flexibility index (Phi) is 4.80. The van der Waals surface area contributed by atoms with Gasteiger partial charge in [-0.1, -0.05) is 0 Å². The van der Waals surface area contributed by atoms with E-state index in [1.807, 2.05) is 0 Å². The zero-order valence-electron chi connectivity index (χ0n) is 10.7. The number of halogens is 2. The Morgan fingerprint density at radius 1 is 1.26 bits per heavy atom. The third-order valence-corrected chi connectivity index (χ3v) is 2.46. The monoisotopic (exact) mass is 271 g/mol. The summed E-state index contributed by atoms with van der Waals surface area (Å²) in [6.45, 7) is 0.0915. The minimum atomic E-state index is -1.15. The van der Waals surface area contributed by atoms with Crippen LogP contribution in [0.15, 0.2) is 12.1 Å². The van der Waals surface area contributed by atoms with Gasteiger partial charge in [0, 0.05) is 38.8 Å². The van der Waals surface area contributed by atoms with Gasteiger partial charge in [0.1, 0.15) is 0 Å². The van der Waals surface area contributed by atoms with Crippen molar-refractivity contribution in [2.45, 2.75) is 6.42 Å². The minimum Gasteiger partial charge on any atom is -0.398 e. The van der Waals surface area contributed by atoms with Crippen molar-refractivity contribution in [2.24, 2.45) is 0 Å². The first kappa shape index (κ1) is 14.9. The fourth-order valence-corrected chi connectivity index (χ4v) is 1.36. The van der Waals surface area contributed by atoms with Crippen LogP contribution in [0.5, 0.6) is 0 Å². The lowest BCUT2D eigenvalue weighted by Crippen LogP contribution is -2.30. The number of carbonyl (C=O) groups is 2. The molecule has 0 bridgehead atoms. The molecule has 0 heterocycles. The molecule has 3 N–H and O–H groups in total. The summed E-state index contributed by atoms with van der Waals surface area (Å²) < 4.78 is 25.8.